The van der Waals surface area contributed by atoms with Gasteiger partial charge < -0.3 is 50.5 Å². The fourth-order valence-corrected chi connectivity index (χ4v) is 9.34. The van der Waals surface area contributed by atoms with Gasteiger partial charge in [-0.3, -0.25) is 4.79 Å². The Morgan fingerprint density at radius 3 is 1.27 bits per heavy atom. The largest absolute Gasteiger partial charge is 0.394 e. The van der Waals surface area contributed by atoms with Crippen molar-refractivity contribution in [3.63, 3.8) is 0 Å². The van der Waals surface area contributed by atoms with Crippen LogP contribution in [-0.4, -0.2) is 110 Å². The van der Waals surface area contributed by atoms with Gasteiger partial charge in [-0.2, -0.15) is 0 Å². The van der Waals surface area contributed by atoms with Gasteiger partial charge in [0.15, 0.2) is 6.29 Å². The Labute approximate surface area is 428 Å². The number of aliphatic hydroxyl groups excluding tert-OH is 7. The Morgan fingerprint density at radius 2 is 0.857 bits per heavy atom. The van der Waals surface area contributed by atoms with Gasteiger partial charge >= 0.3 is 0 Å². The number of unbranched alkanes of at least 4 members (excludes halogenated alkanes) is 32. The maximum atomic E-state index is 13.2. The van der Waals surface area contributed by atoms with E-state index < -0.39 is 74.2 Å². The summed E-state index contributed by atoms with van der Waals surface area (Å²) in [5, 5.41) is 76.0. The van der Waals surface area contributed by atoms with Gasteiger partial charge in [0.2, 0.25) is 5.91 Å². The van der Waals surface area contributed by atoms with Crippen molar-refractivity contribution in [2.45, 2.75) is 319 Å². The van der Waals surface area contributed by atoms with Crippen LogP contribution in [0.3, 0.4) is 0 Å². The number of allylic oxidation sites excluding steroid dienone is 6. The van der Waals surface area contributed by atoms with Crippen LogP contribution in [0.4, 0.5) is 0 Å². The van der Waals surface area contributed by atoms with E-state index in [1.54, 1.807) is 0 Å². The highest BCUT2D eigenvalue weighted by Gasteiger charge is 2.44. The molecule has 0 spiro atoms. The summed E-state index contributed by atoms with van der Waals surface area (Å²) in [7, 11) is 0. The van der Waals surface area contributed by atoms with Gasteiger partial charge in [0, 0.05) is 0 Å². The minimum Gasteiger partial charge on any atom is -0.394 e. The van der Waals surface area contributed by atoms with E-state index in [1.807, 2.05) is 0 Å². The summed E-state index contributed by atoms with van der Waals surface area (Å²) in [5.41, 5.74) is 0. The molecule has 70 heavy (non-hydrogen) atoms. The van der Waals surface area contributed by atoms with E-state index in [0.29, 0.717) is 19.3 Å². The Morgan fingerprint density at radius 1 is 0.486 bits per heavy atom. The summed E-state index contributed by atoms with van der Waals surface area (Å²) in [6.45, 7) is 3.44. The maximum absolute atomic E-state index is 13.2. The predicted molar refractivity (Wildman–Crippen MR) is 289 cm³/mol. The fraction of sp³-hybridized carbons (Fsp3) is 0.881. The van der Waals surface area contributed by atoms with Gasteiger partial charge in [0.25, 0.3) is 0 Å². The zero-order chi connectivity index (χ0) is 51.1. The first-order valence-electron chi connectivity index (χ1n) is 29.4. The molecule has 0 aromatic carbocycles. The molecular formula is C59H111NO10. The van der Waals surface area contributed by atoms with Gasteiger partial charge in [-0.25, -0.2) is 0 Å². The average molecular weight is 995 g/mol. The average Bonchev–Trinajstić information content (AvgIpc) is 3.36. The summed E-state index contributed by atoms with van der Waals surface area (Å²) in [5.74, 6) is -0.709. The van der Waals surface area contributed by atoms with Crippen LogP contribution in [0.5, 0.6) is 0 Å². The Bertz CT molecular complexity index is 1230. The van der Waals surface area contributed by atoms with Crippen LogP contribution in [0.1, 0.15) is 264 Å². The van der Waals surface area contributed by atoms with E-state index in [2.05, 4.69) is 55.6 Å². The van der Waals surface area contributed by atoms with E-state index in [-0.39, 0.29) is 12.8 Å². The molecule has 1 rings (SSSR count). The van der Waals surface area contributed by atoms with Crippen LogP contribution < -0.4 is 5.32 Å². The molecule has 0 aliphatic carbocycles. The molecule has 0 aromatic heterocycles. The number of rotatable bonds is 50. The van der Waals surface area contributed by atoms with Crippen molar-refractivity contribution in [1.29, 1.82) is 0 Å². The van der Waals surface area contributed by atoms with Crippen LogP contribution >= 0.6 is 0 Å². The molecule has 1 aliphatic heterocycles. The third-order valence-electron chi connectivity index (χ3n) is 14.1. The molecule has 412 valence electrons. The maximum Gasteiger partial charge on any atom is 0.249 e. The summed E-state index contributed by atoms with van der Waals surface area (Å²) in [4.78, 5) is 13.2. The summed E-state index contributed by atoms with van der Waals surface area (Å²) in [6, 6.07) is -1.19. The highest BCUT2D eigenvalue weighted by atomic mass is 16.7. The predicted octanol–water partition coefficient (Wildman–Crippen LogP) is 12.3. The molecule has 1 amide bonds. The van der Waals surface area contributed by atoms with Crippen LogP contribution in [0.2, 0.25) is 0 Å². The minimum absolute atomic E-state index is 0.246. The lowest BCUT2D eigenvalue weighted by atomic mass is 9.98. The zero-order valence-electron chi connectivity index (χ0n) is 45.0. The molecule has 1 fully saturated rings. The van der Waals surface area contributed by atoms with E-state index in [9.17, 15) is 40.5 Å². The van der Waals surface area contributed by atoms with Crippen LogP contribution in [0, 0.1) is 0 Å². The smallest absolute Gasteiger partial charge is 0.249 e. The number of aliphatic hydroxyl groups is 7. The first-order chi connectivity index (χ1) is 34.2. The topological polar surface area (TPSA) is 189 Å². The Balaban J connectivity index is 2.27. The number of carbonyl (C=O) groups is 1. The standard InChI is InChI=1S/C59H111NO10/c1-3-5-7-9-11-13-15-17-19-20-21-22-23-24-25-26-27-28-29-30-31-33-35-37-39-41-43-45-47-52(63)58(68)60-50(49-69-59-57(67)56(66)55(65)53(48-61)70-59)54(64)51(62)46-44-42-40-38-36-34-32-18-16-14-12-10-8-6-4-2/h18,24-25,32,38,40,50-57,59,61-67H,3-17,19-23,26-31,33-37,39,41-49H2,1-2H3,(H,60,68)/b25-24-,32-18+,40-38+. The second kappa shape index (κ2) is 48.3. The van der Waals surface area contributed by atoms with E-state index in [4.69, 9.17) is 9.47 Å². The zero-order valence-corrected chi connectivity index (χ0v) is 45.0. The lowest BCUT2D eigenvalue weighted by Crippen LogP contribution is -2.60. The van der Waals surface area contributed by atoms with Crippen molar-refractivity contribution >= 4 is 5.91 Å². The number of ether oxygens (including phenoxy) is 2. The lowest BCUT2D eigenvalue weighted by Gasteiger charge is -2.40. The molecule has 0 aromatic rings. The number of hydrogen-bond acceptors (Lipinski definition) is 10. The molecular weight excluding hydrogens is 883 g/mol. The summed E-state index contributed by atoms with van der Waals surface area (Å²) >= 11 is 0. The molecule has 9 unspecified atom stereocenters. The first kappa shape index (κ1) is 66.3. The molecule has 0 radical (unpaired) electrons. The van der Waals surface area contributed by atoms with Crippen LogP contribution in [0.15, 0.2) is 36.5 Å². The number of amides is 1. The van der Waals surface area contributed by atoms with Gasteiger partial charge in [0.1, 0.15) is 36.6 Å². The van der Waals surface area contributed by atoms with Gasteiger partial charge in [-0.05, 0) is 77.0 Å². The first-order valence-corrected chi connectivity index (χ1v) is 29.4. The molecule has 0 bridgehead atoms. The third-order valence-corrected chi connectivity index (χ3v) is 14.1. The molecule has 0 saturated carbocycles. The van der Waals surface area contributed by atoms with Gasteiger partial charge in [-0.15, -0.1) is 0 Å². The number of nitrogens with one attached hydrogen (secondary N) is 1. The van der Waals surface area contributed by atoms with Crippen molar-refractivity contribution in [1.82, 2.24) is 5.32 Å². The van der Waals surface area contributed by atoms with E-state index >= 15 is 0 Å². The van der Waals surface area contributed by atoms with Crippen molar-refractivity contribution < 1.29 is 50.0 Å². The highest BCUT2D eigenvalue weighted by Crippen LogP contribution is 2.23. The Kier molecular flexibility index (Phi) is 45.8. The Hall–Kier alpha value is -1.67. The molecule has 8 N–H and O–H groups in total. The summed E-state index contributed by atoms with van der Waals surface area (Å²) < 4.78 is 11.1. The number of hydrogen-bond donors (Lipinski definition) is 8. The lowest BCUT2D eigenvalue weighted by molar-refractivity contribution is -0.303. The molecule has 11 nitrogen and oxygen atoms in total. The molecule has 11 heteroatoms. The van der Waals surface area contributed by atoms with Crippen molar-refractivity contribution in [3.8, 4) is 0 Å². The van der Waals surface area contributed by atoms with Crippen LogP contribution in [-0.2, 0) is 14.3 Å². The van der Waals surface area contributed by atoms with Gasteiger partial charge in [-0.1, -0.05) is 224 Å². The van der Waals surface area contributed by atoms with Crippen LogP contribution in [0.25, 0.3) is 0 Å². The van der Waals surface area contributed by atoms with Crippen molar-refractivity contribution in [3.05, 3.63) is 36.5 Å². The molecule has 1 aliphatic rings. The normalized spacial score (nSPS) is 20.5. The highest BCUT2D eigenvalue weighted by molar-refractivity contribution is 5.80. The fourth-order valence-electron chi connectivity index (χ4n) is 9.34. The number of carbonyl (C=O) groups excluding carboxylic acids is 1. The van der Waals surface area contributed by atoms with Crippen molar-refractivity contribution in [2.24, 2.45) is 0 Å². The van der Waals surface area contributed by atoms with Gasteiger partial charge in [0.05, 0.1) is 25.4 Å². The summed E-state index contributed by atoms with van der Waals surface area (Å²) in [6.07, 6.45) is 47.8. The SMILES string of the molecule is CCCCCCCC/C=C/CC/C=C/CCCC(O)C(O)C(COC1OC(CO)C(O)C(O)C1O)NC(=O)C(O)CCCCCCCCCCCCCC/C=C\CCCCCCCCCCCCCC. The quantitative estimate of drug-likeness (QED) is 0.0215. The second-order valence-electron chi connectivity index (χ2n) is 20.7. The van der Waals surface area contributed by atoms with Crippen molar-refractivity contribution in [2.75, 3.05) is 13.2 Å². The molecule has 9 atom stereocenters. The minimum atomic E-state index is -1.67. The van der Waals surface area contributed by atoms with E-state index in [0.717, 1.165) is 38.5 Å². The third kappa shape index (κ3) is 36.3. The monoisotopic (exact) mass is 994 g/mol. The molecule has 1 saturated heterocycles. The molecule has 1 heterocycles. The second-order valence-corrected chi connectivity index (χ2v) is 20.7. The van der Waals surface area contributed by atoms with E-state index in [1.165, 1.54) is 180 Å².